The van der Waals surface area contributed by atoms with Gasteiger partial charge >= 0.3 is 6.18 Å². The van der Waals surface area contributed by atoms with E-state index >= 15 is 0 Å². The smallest absolute Gasteiger partial charge is 0.417 e. The molecule has 0 unspecified atom stereocenters. The van der Waals surface area contributed by atoms with Gasteiger partial charge in [0, 0.05) is 11.1 Å². The third-order valence-corrected chi connectivity index (χ3v) is 2.17. The van der Waals surface area contributed by atoms with Crippen molar-refractivity contribution in [2.24, 2.45) is 0 Å². The predicted molar refractivity (Wildman–Crippen MR) is 53.4 cm³/mol. The molecule has 0 saturated carbocycles. The van der Waals surface area contributed by atoms with Gasteiger partial charge in [0.15, 0.2) is 12.1 Å². The van der Waals surface area contributed by atoms with Gasteiger partial charge in [-0.15, -0.1) is 0 Å². The van der Waals surface area contributed by atoms with Gasteiger partial charge in [-0.05, 0) is 19.1 Å². The molecular formula is C11H9F3O3. The van der Waals surface area contributed by atoms with Crippen molar-refractivity contribution in [3.63, 3.8) is 0 Å². The number of methoxy groups -OCH3 is 1. The Labute approximate surface area is 95.2 Å². The lowest BCUT2D eigenvalue weighted by molar-refractivity contribution is -0.138. The number of carbonyl (C=O) groups excluding carboxylic acids is 2. The zero-order valence-electron chi connectivity index (χ0n) is 9.09. The predicted octanol–water partition coefficient (Wildman–Crippen LogP) is 2.73. The zero-order chi connectivity index (χ0) is 13.2. The van der Waals surface area contributed by atoms with Crippen LogP contribution in [-0.4, -0.2) is 19.2 Å². The van der Waals surface area contributed by atoms with E-state index < -0.39 is 28.6 Å². The van der Waals surface area contributed by atoms with Crippen molar-refractivity contribution >= 4 is 12.1 Å². The normalized spacial score (nSPS) is 11.1. The van der Waals surface area contributed by atoms with E-state index in [-0.39, 0.29) is 12.0 Å². The second kappa shape index (κ2) is 4.57. The van der Waals surface area contributed by atoms with Gasteiger partial charge in [-0.3, -0.25) is 9.59 Å². The van der Waals surface area contributed by atoms with Crippen molar-refractivity contribution in [2.75, 3.05) is 7.11 Å². The third-order valence-electron chi connectivity index (χ3n) is 2.17. The highest BCUT2D eigenvalue weighted by atomic mass is 19.4. The summed E-state index contributed by atoms with van der Waals surface area (Å²) < 4.78 is 43.0. The molecule has 0 atom stereocenters. The number of Topliss-reactive ketones (excluding diaryl/α,β-unsaturated/α-hetero) is 1. The van der Waals surface area contributed by atoms with E-state index in [1.807, 2.05) is 0 Å². The molecule has 1 aromatic carbocycles. The van der Waals surface area contributed by atoms with Gasteiger partial charge in [-0.2, -0.15) is 13.2 Å². The number of aldehydes is 1. The minimum Gasteiger partial charge on any atom is -0.497 e. The highest BCUT2D eigenvalue weighted by Gasteiger charge is 2.37. The van der Waals surface area contributed by atoms with Gasteiger partial charge < -0.3 is 4.74 Å². The molecule has 92 valence electrons. The first kappa shape index (κ1) is 13.2. The number of ether oxygens (including phenoxy) is 1. The summed E-state index contributed by atoms with van der Waals surface area (Å²) in [6.45, 7) is 0.999. The van der Waals surface area contributed by atoms with Crippen LogP contribution in [0.1, 0.15) is 33.2 Å². The molecule has 0 heterocycles. The molecular weight excluding hydrogens is 237 g/mol. The van der Waals surface area contributed by atoms with E-state index in [9.17, 15) is 22.8 Å². The van der Waals surface area contributed by atoms with Crippen LogP contribution in [0.15, 0.2) is 12.1 Å². The zero-order valence-corrected chi connectivity index (χ0v) is 9.09. The average Bonchev–Trinajstić information content (AvgIpc) is 2.25. The maximum Gasteiger partial charge on any atom is 0.417 e. The Balaban J connectivity index is 3.64. The molecule has 0 spiro atoms. The van der Waals surface area contributed by atoms with Crippen LogP contribution in [0.2, 0.25) is 0 Å². The van der Waals surface area contributed by atoms with Gasteiger partial charge in [0.2, 0.25) is 0 Å². The summed E-state index contributed by atoms with van der Waals surface area (Å²) >= 11 is 0. The van der Waals surface area contributed by atoms with Crippen LogP contribution in [0.5, 0.6) is 5.75 Å². The lowest BCUT2D eigenvalue weighted by Gasteiger charge is -2.14. The first-order chi connectivity index (χ1) is 7.81. The molecule has 17 heavy (non-hydrogen) atoms. The number of alkyl halides is 3. The third kappa shape index (κ3) is 2.64. The van der Waals surface area contributed by atoms with Gasteiger partial charge in [-0.1, -0.05) is 0 Å². The summed E-state index contributed by atoms with van der Waals surface area (Å²) in [7, 11) is 1.24. The summed E-state index contributed by atoms with van der Waals surface area (Å²) in [4.78, 5) is 21.8. The Kier molecular flexibility index (Phi) is 3.55. The Morgan fingerprint density at radius 2 is 1.94 bits per heavy atom. The Hall–Kier alpha value is -1.85. The summed E-state index contributed by atoms with van der Waals surface area (Å²) in [5.74, 6) is -0.746. The Morgan fingerprint density at radius 1 is 1.35 bits per heavy atom. The van der Waals surface area contributed by atoms with Crippen LogP contribution in [0.25, 0.3) is 0 Å². The molecule has 1 aromatic rings. The van der Waals surface area contributed by atoms with Crippen LogP contribution < -0.4 is 4.74 Å². The van der Waals surface area contributed by atoms with Crippen molar-refractivity contribution < 1.29 is 27.5 Å². The highest BCUT2D eigenvalue weighted by molar-refractivity contribution is 5.98. The number of rotatable bonds is 3. The molecule has 0 bridgehead atoms. The quantitative estimate of drug-likeness (QED) is 0.608. The van der Waals surface area contributed by atoms with E-state index in [1.165, 1.54) is 7.11 Å². The summed E-state index contributed by atoms with van der Waals surface area (Å²) in [6.07, 6.45) is -4.71. The molecule has 0 radical (unpaired) electrons. The van der Waals surface area contributed by atoms with E-state index in [2.05, 4.69) is 0 Å². The van der Waals surface area contributed by atoms with Crippen LogP contribution in [0.3, 0.4) is 0 Å². The van der Waals surface area contributed by atoms with Gasteiger partial charge in [-0.25, -0.2) is 0 Å². The minimum atomic E-state index is -4.76. The van der Waals surface area contributed by atoms with E-state index in [0.29, 0.717) is 0 Å². The number of hydrogen-bond acceptors (Lipinski definition) is 3. The number of halogens is 3. The highest BCUT2D eigenvalue weighted by Crippen LogP contribution is 2.36. The molecule has 0 aliphatic heterocycles. The average molecular weight is 246 g/mol. The van der Waals surface area contributed by atoms with Crippen LogP contribution in [-0.2, 0) is 6.18 Å². The maximum atomic E-state index is 12.7. The molecule has 0 aliphatic rings. The molecule has 0 aliphatic carbocycles. The number of benzene rings is 1. The van der Waals surface area contributed by atoms with Crippen LogP contribution in [0.4, 0.5) is 13.2 Å². The summed E-state index contributed by atoms with van der Waals surface area (Å²) in [5.41, 5.74) is -2.40. The molecule has 0 fully saturated rings. The van der Waals surface area contributed by atoms with Crippen molar-refractivity contribution in [2.45, 2.75) is 13.1 Å². The molecule has 1 rings (SSSR count). The Bertz CT molecular complexity index is 464. The Morgan fingerprint density at radius 3 is 2.29 bits per heavy atom. The van der Waals surface area contributed by atoms with Gasteiger partial charge in [0.1, 0.15) is 5.75 Å². The van der Waals surface area contributed by atoms with Crippen molar-refractivity contribution in [3.05, 3.63) is 28.8 Å². The number of ketones is 1. The first-order valence-electron chi connectivity index (χ1n) is 4.56. The second-order valence-electron chi connectivity index (χ2n) is 3.31. The largest absolute Gasteiger partial charge is 0.497 e. The molecule has 3 nitrogen and oxygen atoms in total. The molecule has 0 saturated heterocycles. The SMILES string of the molecule is COc1cc(C=O)c(C(F)(F)F)c(C(C)=O)c1. The first-order valence-corrected chi connectivity index (χ1v) is 4.56. The van der Waals surface area contributed by atoms with Crippen molar-refractivity contribution in [1.82, 2.24) is 0 Å². The summed E-state index contributed by atoms with van der Waals surface area (Å²) in [6, 6.07) is 1.92. The number of carbonyl (C=O) groups is 2. The molecule has 0 amide bonds. The lowest BCUT2D eigenvalue weighted by atomic mass is 9.98. The fraction of sp³-hybridized carbons (Fsp3) is 0.273. The topological polar surface area (TPSA) is 43.4 Å². The molecule has 0 aromatic heterocycles. The molecule has 6 heteroatoms. The standard InChI is InChI=1S/C11H9F3O3/c1-6(16)9-4-8(17-2)3-7(5-15)10(9)11(12,13)14/h3-5H,1-2H3. The fourth-order valence-corrected chi connectivity index (χ4v) is 1.44. The van der Waals surface area contributed by atoms with E-state index in [4.69, 9.17) is 4.74 Å². The summed E-state index contributed by atoms with van der Waals surface area (Å²) in [5, 5.41) is 0. The van der Waals surface area contributed by atoms with Crippen LogP contribution >= 0.6 is 0 Å². The van der Waals surface area contributed by atoms with Crippen LogP contribution in [0, 0.1) is 0 Å². The second-order valence-corrected chi connectivity index (χ2v) is 3.31. The maximum absolute atomic E-state index is 12.7. The van der Waals surface area contributed by atoms with Crippen molar-refractivity contribution in [1.29, 1.82) is 0 Å². The molecule has 0 N–H and O–H groups in total. The van der Waals surface area contributed by atoms with E-state index in [1.54, 1.807) is 0 Å². The fourth-order valence-electron chi connectivity index (χ4n) is 1.44. The monoisotopic (exact) mass is 246 g/mol. The van der Waals surface area contributed by atoms with Gasteiger partial charge in [0.05, 0.1) is 12.7 Å². The minimum absolute atomic E-state index is 0.0327. The van der Waals surface area contributed by atoms with Gasteiger partial charge in [0.25, 0.3) is 0 Å². The van der Waals surface area contributed by atoms with E-state index in [0.717, 1.165) is 19.1 Å². The lowest BCUT2D eigenvalue weighted by Crippen LogP contribution is -2.15. The van der Waals surface area contributed by atoms with Crippen molar-refractivity contribution in [3.8, 4) is 5.75 Å². The number of hydrogen-bond donors (Lipinski definition) is 0.